The van der Waals surface area contributed by atoms with Gasteiger partial charge in [0.05, 0.1) is 13.2 Å². The molecule has 21 heavy (non-hydrogen) atoms. The summed E-state index contributed by atoms with van der Waals surface area (Å²) in [6.07, 6.45) is 3.41. The van der Waals surface area contributed by atoms with Crippen molar-refractivity contribution in [2.75, 3.05) is 40.5 Å². The summed E-state index contributed by atoms with van der Waals surface area (Å²) in [6.45, 7) is 2.00. The maximum atomic E-state index is 12.0. The molecule has 2 amide bonds. The molecule has 0 aliphatic rings. The number of nitrogens with one attached hydrogen (secondary N) is 1. The van der Waals surface area contributed by atoms with E-state index in [2.05, 4.69) is 5.32 Å². The van der Waals surface area contributed by atoms with Crippen LogP contribution in [-0.4, -0.2) is 51.5 Å². The molecule has 1 aromatic rings. The highest BCUT2D eigenvalue weighted by Gasteiger charge is 2.10. The van der Waals surface area contributed by atoms with Gasteiger partial charge in [-0.05, 0) is 23.8 Å². The van der Waals surface area contributed by atoms with Crippen LogP contribution >= 0.6 is 11.6 Å². The minimum atomic E-state index is -0.186. The van der Waals surface area contributed by atoms with Crippen molar-refractivity contribution in [1.82, 2.24) is 10.2 Å². The predicted molar refractivity (Wildman–Crippen MR) is 84.3 cm³/mol. The normalized spacial score (nSPS) is 10.8. The van der Waals surface area contributed by atoms with Crippen LogP contribution in [0.5, 0.6) is 0 Å². The molecule has 116 valence electrons. The van der Waals surface area contributed by atoms with Gasteiger partial charge in [0.1, 0.15) is 0 Å². The van der Waals surface area contributed by atoms with Gasteiger partial charge in [0, 0.05) is 38.5 Å². The number of methoxy groups -OCH3 is 2. The lowest BCUT2D eigenvalue weighted by atomic mass is 10.2. The number of amides is 2. The molecule has 0 saturated heterocycles. The Hall–Kier alpha value is -1.56. The summed E-state index contributed by atoms with van der Waals surface area (Å²) in [6, 6.07) is 7.16. The molecule has 0 aromatic heterocycles. The molecule has 0 heterocycles. The molecule has 0 bridgehead atoms. The number of benzene rings is 1. The largest absolute Gasteiger partial charge is 0.383 e. The molecule has 0 atom stereocenters. The zero-order valence-electron chi connectivity index (χ0n) is 12.3. The van der Waals surface area contributed by atoms with Crippen molar-refractivity contribution >= 4 is 23.7 Å². The Kier molecular flexibility index (Phi) is 8.50. The van der Waals surface area contributed by atoms with Crippen molar-refractivity contribution in [2.45, 2.75) is 0 Å². The number of ether oxygens (including phenoxy) is 2. The van der Waals surface area contributed by atoms with E-state index in [1.807, 2.05) is 12.1 Å². The first kappa shape index (κ1) is 17.5. The molecule has 0 aliphatic heterocycles. The second-order valence-electron chi connectivity index (χ2n) is 4.31. The topological polar surface area (TPSA) is 50.8 Å². The first-order valence-corrected chi connectivity index (χ1v) is 7.00. The highest BCUT2D eigenvalue weighted by molar-refractivity contribution is 6.30. The van der Waals surface area contributed by atoms with Crippen molar-refractivity contribution in [3.63, 3.8) is 0 Å². The van der Waals surface area contributed by atoms with Crippen molar-refractivity contribution in [1.29, 1.82) is 0 Å². The first-order chi connectivity index (χ1) is 10.2. The van der Waals surface area contributed by atoms with Crippen LogP contribution in [0.2, 0.25) is 5.02 Å². The maximum absolute atomic E-state index is 12.0. The van der Waals surface area contributed by atoms with E-state index < -0.39 is 0 Å². The minimum absolute atomic E-state index is 0.186. The van der Waals surface area contributed by atoms with E-state index in [9.17, 15) is 4.79 Å². The first-order valence-electron chi connectivity index (χ1n) is 6.63. The van der Waals surface area contributed by atoms with Gasteiger partial charge in [0.25, 0.3) is 0 Å². The molecule has 0 aliphatic carbocycles. The standard InChI is InChI=1S/C15H21ClN2O3/c1-20-11-9-18(10-12-21-2)15(19)17-8-7-13-3-5-14(16)6-4-13/h3-8H,9-12H2,1-2H3,(H,17,19)/b8-7+. The zero-order valence-corrected chi connectivity index (χ0v) is 13.1. The van der Waals surface area contributed by atoms with Crippen LogP contribution in [0, 0.1) is 0 Å². The van der Waals surface area contributed by atoms with E-state index in [-0.39, 0.29) is 6.03 Å². The van der Waals surface area contributed by atoms with Crippen molar-refractivity contribution in [2.24, 2.45) is 0 Å². The number of halogens is 1. The molecular weight excluding hydrogens is 292 g/mol. The Morgan fingerprint density at radius 1 is 1.19 bits per heavy atom. The van der Waals surface area contributed by atoms with Crippen LogP contribution in [-0.2, 0) is 9.47 Å². The van der Waals surface area contributed by atoms with Gasteiger partial charge >= 0.3 is 6.03 Å². The van der Waals surface area contributed by atoms with Crippen LogP contribution in [0.4, 0.5) is 4.79 Å². The molecule has 6 heteroatoms. The smallest absolute Gasteiger partial charge is 0.321 e. The van der Waals surface area contributed by atoms with E-state index in [0.29, 0.717) is 31.3 Å². The molecule has 0 fully saturated rings. The molecular formula is C15H21ClN2O3. The van der Waals surface area contributed by atoms with E-state index >= 15 is 0 Å². The third kappa shape index (κ3) is 7.13. The summed E-state index contributed by atoms with van der Waals surface area (Å²) < 4.78 is 9.99. The lowest BCUT2D eigenvalue weighted by Gasteiger charge is -2.21. The molecule has 1 aromatic carbocycles. The average molecular weight is 313 g/mol. The number of carbonyl (C=O) groups is 1. The lowest BCUT2D eigenvalue weighted by Crippen LogP contribution is -2.41. The van der Waals surface area contributed by atoms with Crippen LogP contribution in [0.3, 0.4) is 0 Å². The summed E-state index contributed by atoms with van der Waals surface area (Å²) in [5.41, 5.74) is 0.958. The molecule has 0 unspecified atom stereocenters. The summed E-state index contributed by atoms with van der Waals surface area (Å²) in [5, 5.41) is 3.41. The SMILES string of the molecule is COCCN(CCOC)C(=O)N/C=C/c1ccc(Cl)cc1. The molecule has 0 saturated carbocycles. The van der Waals surface area contributed by atoms with Crippen molar-refractivity contribution < 1.29 is 14.3 Å². The number of carbonyl (C=O) groups excluding carboxylic acids is 1. The number of rotatable bonds is 8. The molecule has 1 rings (SSSR count). The second kappa shape index (κ2) is 10.2. The fourth-order valence-corrected chi connectivity index (χ4v) is 1.72. The Balaban J connectivity index is 2.49. The Morgan fingerprint density at radius 3 is 2.29 bits per heavy atom. The van der Waals surface area contributed by atoms with Gasteiger partial charge < -0.3 is 19.7 Å². The fourth-order valence-electron chi connectivity index (χ4n) is 1.59. The highest BCUT2D eigenvalue weighted by Crippen LogP contribution is 2.10. The van der Waals surface area contributed by atoms with Gasteiger partial charge in [0.2, 0.25) is 0 Å². The number of nitrogens with zero attached hydrogens (tertiary/aromatic N) is 1. The van der Waals surface area contributed by atoms with Crippen LogP contribution in [0.25, 0.3) is 6.08 Å². The zero-order chi connectivity index (χ0) is 15.5. The van der Waals surface area contributed by atoms with Crippen LogP contribution < -0.4 is 5.32 Å². The third-order valence-electron chi connectivity index (χ3n) is 2.77. The molecule has 0 radical (unpaired) electrons. The summed E-state index contributed by atoms with van der Waals surface area (Å²) in [7, 11) is 3.21. The predicted octanol–water partition coefficient (Wildman–Crippen LogP) is 2.62. The van der Waals surface area contributed by atoms with E-state index in [1.165, 1.54) is 0 Å². The van der Waals surface area contributed by atoms with Gasteiger partial charge in [-0.2, -0.15) is 0 Å². The quantitative estimate of drug-likeness (QED) is 0.803. The molecule has 1 N–H and O–H groups in total. The van der Waals surface area contributed by atoms with Gasteiger partial charge in [0.15, 0.2) is 0 Å². The van der Waals surface area contributed by atoms with Crippen molar-refractivity contribution in [3.05, 3.63) is 41.1 Å². The highest BCUT2D eigenvalue weighted by atomic mass is 35.5. The number of urea groups is 1. The Bertz CT molecular complexity index is 441. The molecule has 5 nitrogen and oxygen atoms in total. The summed E-state index contributed by atoms with van der Waals surface area (Å²) in [4.78, 5) is 13.7. The fraction of sp³-hybridized carbons (Fsp3) is 0.400. The second-order valence-corrected chi connectivity index (χ2v) is 4.74. The van der Waals surface area contributed by atoms with E-state index in [1.54, 1.807) is 43.5 Å². The average Bonchev–Trinajstić information content (AvgIpc) is 2.49. The molecule has 0 spiro atoms. The van der Waals surface area contributed by atoms with Gasteiger partial charge in [-0.3, -0.25) is 0 Å². The van der Waals surface area contributed by atoms with E-state index in [4.69, 9.17) is 21.1 Å². The monoisotopic (exact) mass is 312 g/mol. The van der Waals surface area contributed by atoms with Gasteiger partial charge in [-0.25, -0.2) is 4.79 Å². The Morgan fingerprint density at radius 2 is 1.76 bits per heavy atom. The van der Waals surface area contributed by atoms with Crippen molar-refractivity contribution in [3.8, 4) is 0 Å². The van der Waals surface area contributed by atoms with Crippen LogP contribution in [0.15, 0.2) is 30.5 Å². The Labute approximate surface area is 130 Å². The summed E-state index contributed by atoms with van der Waals surface area (Å²) in [5.74, 6) is 0. The lowest BCUT2D eigenvalue weighted by molar-refractivity contribution is 0.124. The number of hydrogen-bond acceptors (Lipinski definition) is 3. The maximum Gasteiger partial charge on any atom is 0.321 e. The minimum Gasteiger partial charge on any atom is -0.383 e. The van der Waals surface area contributed by atoms with Crippen LogP contribution in [0.1, 0.15) is 5.56 Å². The van der Waals surface area contributed by atoms with Gasteiger partial charge in [-0.1, -0.05) is 23.7 Å². The van der Waals surface area contributed by atoms with E-state index in [0.717, 1.165) is 5.56 Å². The number of hydrogen-bond donors (Lipinski definition) is 1. The van der Waals surface area contributed by atoms with Gasteiger partial charge in [-0.15, -0.1) is 0 Å². The third-order valence-corrected chi connectivity index (χ3v) is 3.02. The summed E-state index contributed by atoms with van der Waals surface area (Å²) >= 11 is 5.81.